The summed E-state index contributed by atoms with van der Waals surface area (Å²) in [6.45, 7) is 4.23. The third kappa shape index (κ3) is 58.8. The van der Waals surface area contributed by atoms with E-state index in [4.69, 9.17) is 0 Å². The van der Waals surface area contributed by atoms with Crippen molar-refractivity contribution in [3.05, 3.63) is 60.8 Å². The van der Waals surface area contributed by atoms with Crippen molar-refractivity contribution in [2.24, 2.45) is 0 Å². The highest BCUT2D eigenvalue weighted by molar-refractivity contribution is 5.76. The second-order valence-electron chi connectivity index (χ2n) is 21.8. The van der Waals surface area contributed by atoms with E-state index in [2.05, 4.69) is 67.8 Å². The fourth-order valence-electron chi connectivity index (χ4n) is 9.94. The van der Waals surface area contributed by atoms with Crippen LogP contribution in [0.25, 0.3) is 0 Å². The van der Waals surface area contributed by atoms with Crippen molar-refractivity contribution in [1.29, 1.82) is 0 Å². The summed E-state index contributed by atoms with van der Waals surface area (Å²) in [7, 11) is 0. The van der Waals surface area contributed by atoms with Crippen LogP contribution in [-0.4, -0.2) is 34.9 Å². The number of aliphatic hydroxyl groups is 2. The van der Waals surface area contributed by atoms with E-state index in [1.807, 2.05) is 6.08 Å². The molecule has 4 nitrogen and oxygen atoms in total. The Morgan fingerprint density at radius 3 is 0.930 bits per heavy atom. The zero-order valence-electron chi connectivity index (χ0n) is 48.0. The number of rotatable bonds is 59. The minimum absolute atomic E-state index is 0.0584. The van der Waals surface area contributed by atoms with Gasteiger partial charge in [-0.1, -0.05) is 338 Å². The highest BCUT2D eigenvalue weighted by Gasteiger charge is 2.18. The first kappa shape index (κ1) is 69.1. The second-order valence-corrected chi connectivity index (χ2v) is 21.8. The number of aliphatic hydroxyl groups excluding tert-OH is 2. The summed E-state index contributed by atoms with van der Waals surface area (Å²) in [4.78, 5) is 12.5. The molecule has 0 aromatic carbocycles. The van der Waals surface area contributed by atoms with Crippen molar-refractivity contribution in [3.63, 3.8) is 0 Å². The third-order valence-electron chi connectivity index (χ3n) is 14.8. The lowest BCUT2D eigenvalue weighted by atomic mass is 10.0. The number of unbranched alkanes of at least 4 members (excludes halogenated alkanes) is 44. The van der Waals surface area contributed by atoms with Gasteiger partial charge in [-0.05, 0) is 57.8 Å². The molecule has 2 unspecified atom stereocenters. The normalized spacial score (nSPS) is 13.1. The number of amides is 1. The van der Waals surface area contributed by atoms with Crippen LogP contribution < -0.4 is 5.32 Å². The third-order valence-corrected chi connectivity index (χ3v) is 14.8. The molecule has 0 bridgehead atoms. The minimum Gasteiger partial charge on any atom is -0.394 e. The molecule has 0 rings (SSSR count). The SMILES string of the molecule is CC/C=C\C/C=C\C/C=C\C/C=C\CCCCCCCCCCCCCCCCCCCCCCC(=O)NC(CO)C(O)/C=C/CCCCCCCCCCCCCCCCCCCCCCCCCC. The van der Waals surface area contributed by atoms with Crippen LogP contribution in [-0.2, 0) is 4.79 Å². The van der Waals surface area contributed by atoms with E-state index in [9.17, 15) is 15.0 Å². The van der Waals surface area contributed by atoms with Crippen LogP contribution >= 0.6 is 0 Å². The average Bonchev–Trinajstić information content (AvgIpc) is 3.37. The lowest BCUT2D eigenvalue weighted by molar-refractivity contribution is -0.123. The Morgan fingerprint density at radius 2 is 0.620 bits per heavy atom. The Balaban J connectivity index is 3.45. The first-order valence-electron chi connectivity index (χ1n) is 32.0. The zero-order valence-corrected chi connectivity index (χ0v) is 48.0. The monoisotopic (exact) mass is 992 g/mol. The lowest BCUT2D eigenvalue weighted by Crippen LogP contribution is -2.45. The minimum atomic E-state index is -0.841. The maximum atomic E-state index is 12.5. The Morgan fingerprint density at radius 1 is 0.352 bits per heavy atom. The molecule has 71 heavy (non-hydrogen) atoms. The molecule has 0 aliphatic heterocycles. The maximum absolute atomic E-state index is 12.5. The van der Waals surface area contributed by atoms with Gasteiger partial charge < -0.3 is 15.5 Å². The summed E-state index contributed by atoms with van der Waals surface area (Å²) >= 11 is 0. The molecule has 0 spiro atoms. The van der Waals surface area contributed by atoms with E-state index in [1.165, 1.54) is 270 Å². The second kappa shape index (κ2) is 62.4. The molecule has 0 saturated carbocycles. The Labute approximate surface area is 445 Å². The molecule has 0 aliphatic carbocycles. The van der Waals surface area contributed by atoms with Gasteiger partial charge in [0.25, 0.3) is 0 Å². The number of allylic oxidation sites excluding steroid dienone is 9. The molecular weight excluding hydrogens is 867 g/mol. The number of carbonyl (C=O) groups excluding carboxylic acids is 1. The van der Waals surface area contributed by atoms with Crippen molar-refractivity contribution < 1.29 is 15.0 Å². The van der Waals surface area contributed by atoms with Gasteiger partial charge in [0, 0.05) is 6.42 Å². The topological polar surface area (TPSA) is 69.6 Å². The summed E-state index contributed by atoms with van der Waals surface area (Å²) in [5.41, 5.74) is 0. The molecule has 0 aliphatic rings. The molecule has 0 aromatic rings. The molecule has 1 amide bonds. The van der Waals surface area contributed by atoms with E-state index in [1.54, 1.807) is 6.08 Å². The largest absolute Gasteiger partial charge is 0.394 e. The first-order chi connectivity index (χ1) is 35.2. The van der Waals surface area contributed by atoms with Gasteiger partial charge in [-0.15, -0.1) is 0 Å². The van der Waals surface area contributed by atoms with Gasteiger partial charge in [0.05, 0.1) is 18.8 Å². The predicted octanol–water partition coefficient (Wildman–Crippen LogP) is 21.5. The van der Waals surface area contributed by atoms with E-state index in [0.717, 1.165) is 51.4 Å². The van der Waals surface area contributed by atoms with Crippen LogP contribution in [0.2, 0.25) is 0 Å². The van der Waals surface area contributed by atoms with Crippen LogP contribution in [0.5, 0.6) is 0 Å². The lowest BCUT2D eigenvalue weighted by Gasteiger charge is -2.20. The van der Waals surface area contributed by atoms with Gasteiger partial charge in [0.15, 0.2) is 0 Å². The number of hydrogen-bond acceptors (Lipinski definition) is 3. The van der Waals surface area contributed by atoms with Gasteiger partial charge in [-0.2, -0.15) is 0 Å². The van der Waals surface area contributed by atoms with Crippen LogP contribution in [0.4, 0.5) is 0 Å². The molecule has 0 heterocycles. The first-order valence-corrected chi connectivity index (χ1v) is 32.0. The molecule has 2 atom stereocenters. The standard InChI is InChI=1S/C67H125NO3/c1-3-5-7-9-11-13-15-17-19-21-23-25-27-29-31-32-33-34-35-36-37-39-41-43-45-47-49-51-53-55-57-59-61-63-67(71)68-65(64-69)66(70)62-60-58-56-54-52-50-48-46-44-42-40-38-30-28-26-24-22-20-18-16-14-12-10-8-6-4-2/h5,7,11,13,17,19,23,25,60,62,65-66,69-70H,3-4,6,8-10,12,14-16,18,20-22,24,26-59,61,63-64H2,1-2H3,(H,68,71)/b7-5-,13-11-,19-17-,25-23-,62-60+. The maximum Gasteiger partial charge on any atom is 0.220 e. The molecule has 0 aromatic heterocycles. The van der Waals surface area contributed by atoms with Crippen molar-refractivity contribution >= 4 is 5.91 Å². The highest BCUT2D eigenvalue weighted by atomic mass is 16.3. The summed E-state index contributed by atoms with van der Waals surface area (Å²) in [5, 5.41) is 23.3. The molecule has 3 N–H and O–H groups in total. The Kier molecular flexibility index (Phi) is 60.7. The van der Waals surface area contributed by atoms with Gasteiger partial charge in [-0.3, -0.25) is 4.79 Å². The summed E-state index contributed by atoms with van der Waals surface area (Å²) in [5.74, 6) is -0.0584. The molecule has 4 heteroatoms. The van der Waals surface area contributed by atoms with Crippen molar-refractivity contribution in [3.8, 4) is 0 Å². The molecule has 416 valence electrons. The number of hydrogen-bond donors (Lipinski definition) is 3. The molecule has 0 radical (unpaired) electrons. The van der Waals surface area contributed by atoms with Gasteiger partial charge >= 0.3 is 0 Å². The smallest absolute Gasteiger partial charge is 0.220 e. The summed E-state index contributed by atoms with van der Waals surface area (Å²) < 4.78 is 0. The van der Waals surface area contributed by atoms with E-state index in [0.29, 0.717) is 6.42 Å². The summed E-state index contributed by atoms with van der Waals surface area (Å²) in [6, 6.07) is -0.624. The fourth-order valence-corrected chi connectivity index (χ4v) is 9.94. The molecule has 0 saturated heterocycles. The van der Waals surface area contributed by atoms with E-state index in [-0.39, 0.29) is 12.5 Å². The van der Waals surface area contributed by atoms with Crippen LogP contribution in [0, 0.1) is 0 Å². The molecule has 0 fully saturated rings. The summed E-state index contributed by atoms with van der Waals surface area (Å²) in [6.07, 6.45) is 88.5. The van der Waals surface area contributed by atoms with Crippen molar-refractivity contribution in [2.75, 3.05) is 6.61 Å². The van der Waals surface area contributed by atoms with Crippen LogP contribution in [0.3, 0.4) is 0 Å². The highest BCUT2D eigenvalue weighted by Crippen LogP contribution is 2.18. The number of nitrogens with one attached hydrogen (secondary N) is 1. The zero-order chi connectivity index (χ0) is 51.3. The fraction of sp³-hybridized carbons (Fsp3) is 0.836. The van der Waals surface area contributed by atoms with Gasteiger partial charge in [0.2, 0.25) is 5.91 Å². The quantitative estimate of drug-likeness (QED) is 0.0420. The Bertz CT molecular complexity index is 1170. The van der Waals surface area contributed by atoms with Crippen LogP contribution in [0.1, 0.15) is 341 Å². The average molecular weight is 993 g/mol. The predicted molar refractivity (Wildman–Crippen MR) is 318 cm³/mol. The van der Waals surface area contributed by atoms with Crippen LogP contribution in [0.15, 0.2) is 60.8 Å². The number of carbonyl (C=O) groups is 1. The molecular formula is C67H125NO3. The van der Waals surface area contributed by atoms with Crippen molar-refractivity contribution in [1.82, 2.24) is 5.32 Å². The Hall–Kier alpha value is -1.91. The van der Waals surface area contributed by atoms with E-state index < -0.39 is 12.1 Å². The van der Waals surface area contributed by atoms with Gasteiger partial charge in [0.1, 0.15) is 0 Å². The van der Waals surface area contributed by atoms with Gasteiger partial charge in [-0.25, -0.2) is 0 Å². The van der Waals surface area contributed by atoms with Crippen molar-refractivity contribution in [2.45, 2.75) is 353 Å². The van der Waals surface area contributed by atoms with E-state index >= 15 is 0 Å².